The quantitative estimate of drug-likeness (QED) is 0.860. The van der Waals surface area contributed by atoms with Crippen LogP contribution in [0.2, 0.25) is 0 Å². The normalized spacial score (nSPS) is 34.3. The summed E-state index contributed by atoms with van der Waals surface area (Å²) in [5.74, 6) is -0.171. The monoisotopic (exact) mass is 263 g/mol. The lowest BCUT2D eigenvalue weighted by atomic mass is 9.74. The lowest BCUT2D eigenvalue weighted by Crippen LogP contribution is -2.56. The van der Waals surface area contributed by atoms with Crippen LogP contribution in [-0.4, -0.2) is 22.8 Å². The molecule has 0 radical (unpaired) electrons. The Balaban J connectivity index is 1.75. The summed E-state index contributed by atoms with van der Waals surface area (Å²) in [6.07, 6.45) is 5.72. The van der Waals surface area contributed by atoms with E-state index in [1.165, 1.54) is 6.42 Å². The molecule has 2 nitrogen and oxygen atoms in total. The fourth-order valence-electron chi connectivity index (χ4n) is 3.70. The Bertz CT molecular complexity index is 462. The highest BCUT2D eigenvalue weighted by atomic mass is 19.1. The van der Waals surface area contributed by atoms with Crippen molar-refractivity contribution in [1.82, 2.24) is 5.32 Å². The zero-order valence-electron chi connectivity index (χ0n) is 11.5. The molecule has 0 spiro atoms. The maximum atomic E-state index is 13.6. The molecule has 0 amide bonds. The minimum absolute atomic E-state index is 0.171. The minimum Gasteiger partial charge on any atom is -0.389 e. The van der Waals surface area contributed by atoms with Crippen LogP contribution in [0.25, 0.3) is 0 Å². The van der Waals surface area contributed by atoms with Gasteiger partial charge in [0.1, 0.15) is 5.82 Å². The molecule has 2 N–H and O–H groups in total. The molecule has 2 heterocycles. The Hall–Kier alpha value is -0.930. The summed E-state index contributed by atoms with van der Waals surface area (Å²) in [7, 11) is 0. The van der Waals surface area contributed by atoms with Crippen LogP contribution >= 0.6 is 0 Å². The molecule has 1 aromatic carbocycles. The number of benzene rings is 1. The Morgan fingerprint density at radius 1 is 1.32 bits per heavy atom. The van der Waals surface area contributed by atoms with Gasteiger partial charge in [0.05, 0.1) is 5.60 Å². The van der Waals surface area contributed by atoms with Crippen LogP contribution in [0.4, 0.5) is 4.39 Å². The van der Waals surface area contributed by atoms with Gasteiger partial charge in [-0.3, -0.25) is 0 Å². The van der Waals surface area contributed by atoms with Crippen LogP contribution in [0.3, 0.4) is 0 Å². The van der Waals surface area contributed by atoms with Crippen molar-refractivity contribution >= 4 is 0 Å². The first-order chi connectivity index (χ1) is 9.04. The smallest absolute Gasteiger partial charge is 0.126 e. The summed E-state index contributed by atoms with van der Waals surface area (Å²) < 4.78 is 13.6. The zero-order valence-corrected chi connectivity index (χ0v) is 11.5. The molecular weight excluding hydrogens is 241 g/mol. The Kier molecular flexibility index (Phi) is 3.35. The van der Waals surface area contributed by atoms with E-state index in [4.69, 9.17) is 0 Å². The van der Waals surface area contributed by atoms with Gasteiger partial charge in [-0.2, -0.15) is 0 Å². The highest BCUT2D eigenvalue weighted by Crippen LogP contribution is 2.35. The van der Waals surface area contributed by atoms with Crippen LogP contribution in [0.5, 0.6) is 0 Å². The number of piperidine rings is 2. The molecule has 2 aliphatic rings. The van der Waals surface area contributed by atoms with E-state index in [1.54, 1.807) is 19.1 Å². The molecule has 0 saturated carbocycles. The number of aliphatic hydroxyl groups is 1. The molecule has 2 unspecified atom stereocenters. The van der Waals surface area contributed by atoms with E-state index in [1.807, 2.05) is 6.07 Å². The number of hydrogen-bond acceptors (Lipinski definition) is 2. The summed E-state index contributed by atoms with van der Waals surface area (Å²) in [5, 5.41) is 14.4. The molecule has 104 valence electrons. The number of fused-ring (bicyclic) bond motifs is 2. The first kappa shape index (κ1) is 13.1. The first-order valence-electron chi connectivity index (χ1n) is 7.28. The van der Waals surface area contributed by atoms with Gasteiger partial charge in [0.25, 0.3) is 0 Å². The molecule has 2 fully saturated rings. The molecule has 3 rings (SSSR count). The third-order valence-electron chi connectivity index (χ3n) is 4.60. The van der Waals surface area contributed by atoms with E-state index in [9.17, 15) is 9.50 Å². The van der Waals surface area contributed by atoms with E-state index < -0.39 is 5.60 Å². The van der Waals surface area contributed by atoms with Crippen LogP contribution < -0.4 is 5.32 Å². The molecule has 3 heteroatoms. The summed E-state index contributed by atoms with van der Waals surface area (Å²) in [6.45, 7) is 1.77. The van der Waals surface area contributed by atoms with Gasteiger partial charge in [0.15, 0.2) is 0 Å². The Labute approximate surface area is 114 Å². The number of nitrogens with one attached hydrogen (secondary N) is 1. The summed E-state index contributed by atoms with van der Waals surface area (Å²) >= 11 is 0. The highest BCUT2D eigenvalue weighted by molar-refractivity contribution is 5.25. The Morgan fingerprint density at radius 2 is 2.00 bits per heavy atom. The second kappa shape index (κ2) is 4.88. The molecule has 2 bridgehead atoms. The summed E-state index contributed by atoms with van der Waals surface area (Å²) in [6, 6.07) is 6.19. The lowest BCUT2D eigenvalue weighted by Gasteiger charge is -2.45. The number of rotatable bonds is 2. The Morgan fingerprint density at radius 3 is 2.63 bits per heavy atom. The third-order valence-corrected chi connectivity index (χ3v) is 4.60. The molecule has 0 aromatic heterocycles. The van der Waals surface area contributed by atoms with E-state index in [0.717, 1.165) is 31.2 Å². The van der Waals surface area contributed by atoms with Gasteiger partial charge in [-0.25, -0.2) is 4.39 Å². The summed E-state index contributed by atoms with van der Waals surface area (Å²) in [5.41, 5.74) is 0.909. The van der Waals surface area contributed by atoms with E-state index >= 15 is 0 Å². The molecule has 19 heavy (non-hydrogen) atoms. The lowest BCUT2D eigenvalue weighted by molar-refractivity contribution is -0.0303. The molecule has 2 aliphatic heterocycles. The van der Waals surface area contributed by atoms with Gasteiger partial charge < -0.3 is 10.4 Å². The average molecular weight is 263 g/mol. The van der Waals surface area contributed by atoms with Crippen molar-refractivity contribution in [2.45, 2.75) is 63.1 Å². The van der Waals surface area contributed by atoms with Crippen molar-refractivity contribution in [3.63, 3.8) is 0 Å². The maximum Gasteiger partial charge on any atom is 0.126 e. The fraction of sp³-hybridized carbons (Fsp3) is 0.625. The predicted molar refractivity (Wildman–Crippen MR) is 73.6 cm³/mol. The molecule has 1 aromatic rings. The van der Waals surface area contributed by atoms with Gasteiger partial charge in [0.2, 0.25) is 0 Å². The number of hydrogen-bond donors (Lipinski definition) is 2. The number of aryl methyl sites for hydroxylation is 1. The van der Waals surface area contributed by atoms with Crippen LogP contribution in [0.1, 0.15) is 43.2 Å². The molecule has 2 saturated heterocycles. The molecule has 0 aliphatic carbocycles. The van der Waals surface area contributed by atoms with Gasteiger partial charge in [-0.1, -0.05) is 18.6 Å². The van der Waals surface area contributed by atoms with Gasteiger partial charge in [-0.05, 0) is 49.8 Å². The minimum atomic E-state index is -0.664. The summed E-state index contributed by atoms with van der Waals surface area (Å²) in [4.78, 5) is 0. The zero-order chi connectivity index (χ0) is 13.5. The average Bonchev–Trinajstić information content (AvgIpc) is 2.33. The largest absolute Gasteiger partial charge is 0.389 e. The van der Waals surface area contributed by atoms with Crippen molar-refractivity contribution in [1.29, 1.82) is 0 Å². The fourth-order valence-corrected chi connectivity index (χ4v) is 3.70. The van der Waals surface area contributed by atoms with Gasteiger partial charge >= 0.3 is 0 Å². The standard InChI is InChI=1S/C16H22FNO/c1-11-5-6-12(7-15(11)17)8-16(19)9-13-3-2-4-14(10-16)18-13/h5-7,13-14,18-19H,2-4,8-10H2,1H3. The van der Waals surface area contributed by atoms with Crippen LogP contribution in [0.15, 0.2) is 18.2 Å². The van der Waals surface area contributed by atoms with E-state index in [2.05, 4.69) is 5.32 Å². The van der Waals surface area contributed by atoms with Crippen molar-refractivity contribution in [2.24, 2.45) is 0 Å². The molecule has 2 atom stereocenters. The van der Waals surface area contributed by atoms with E-state index in [-0.39, 0.29) is 5.82 Å². The number of halogens is 1. The topological polar surface area (TPSA) is 32.3 Å². The second-order valence-electron chi connectivity index (χ2n) is 6.38. The van der Waals surface area contributed by atoms with Crippen molar-refractivity contribution in [3.8, 4) is 0 Å². The van der Waals surface area contributed by atoms with E-state index in [0.29, 0.717) is 24.1 Å². The van der Waals surface area contributed by atoms with Crippen LogP contribution in [0, 0.1) is 12.7 Å². The first-order valence-corrected chi connectivity index (χ1v) is 7.28. The molecular formula is C16H22FNO. The highest BCUT2D eigenvalue weighted by Gasteiger charge is 2.40. The van der Waals surface area contributed by atoms with Crippen molar-refractivity contribution in [2.75, 3.05) is 0 Å². The third kappa shape index (κ3) is 2.82. The van der Waals surface area contributed by atoms with Crippen LogP contribution in [-0.2, 0) is 6.42 Å². The van der Waals surface area contributed by atoms with Crippen molar-refractivity contribution in [3.05, 3.63) is 35.1 Å². The van der Waals surface area contributed by atoms with Gasteiger partial charge in [-0.15, -0.1) is 0 Å². The predicted octanol–water partition coefficient (Wildman–Crippen LogP) is 2.71. The maximum absolute atomic E-state index is 13.6. The SMILES string of the molecule is Cc1ccc(CC2(O)CC3CCCC(C2)N3)cc1F. The second-order valence-corrected chi connectivity index (χ2v) is 6.38. The van der Waals surface area contributed by atoms with Crippen molar-refractivity contribution < 1.29 is 9.50 Å². The van der Waals surface area contributed by atoms with Gasteiger partial charge in [0, 0.05) is 18.5 Å².